The molecule has 4 aliphatic rings. The largest absolute Gasteiger partial charge is 0.459 e. The molecule has 0 aromatic heterocycles. The highest BCUT2D eigenvalue weighted by Crippen LogP contribution is 2.44. The van der Waals surface area contributed by atoms with Gasteiger partial charge in [-0.05, 0) is 95.9 Å². The Balaban J connectivity index is 2.00. The fourth-order valence-corrected chi connectivity index (χ4v) is 11.0. The molecule has 19 nitrogen and oxygen atoms in total. The van der Waals surface area contributed by atoms with Crippen LogP contribution in [0.2, 0.25) is 0 Å². The van der Waals surface area contributed by atoms with Gasteiger partial charge in [0.25, 0.3) is 0 Å². The number of hydrogen-bond acceptors (Lipinski definition) is 19. The van der Waals surface area contributed by atoms with Gasteiger partial charge in [0.2, 0.25) is 0 Å². The van der Waals surface area contributed by atoms with Gasteiger partial charge in [0.05, 0.1) is 54.2 Å². The van der Waals surface area contributed by atoms with Crippen LogP contribution in [0.15, 0.2) is 0 Å². The molecule has 4 rings (SSSR count). The number of aliphatic hydroxyl groups excluding tert-OH is 3. The highest BCUT2D eigenvalue weighted by Gasteiger charge is 2.56. The van der Waals surface area contributed by atoms with Gasteiger partial charge in [-0.25, -0.2) is 0 Å². The predicted molar refractivity (Wildman–Crippen MR) is 242 cm³/mol. The Hall–Kier alpha value is -2.40. The summed E-state index contributed by atoms with van der Waals surface area (Å²) < 4.78 is 57.9. The molecule has 4 heterocycles. The molecular weight excluding hydrogens is 877 g/mol. The molecule has 0 aromatic rings. The SMILES string of the molecule is CC[C@H]1OC(=O)[C@H](C)[C@@H](O[C@H]2C[C@@](C)(OC(C)=O)[C@@H](OC(C)=O)[C@H](C)O2)[C@H](C)[C@@H](O[C@H]2O[C@@H](C)C[C@@H](N(C)C)[C@@H]2O)[C@](C)(O[C@H]2C[C@@H](N(C)C)[C@@H](O)[C@H](C)O2)C[C@@H](C)C(=O)[C@H](C)[C@@H](O)[C@]1(C)O. The Labute approximate surface area is 397 Å². The smallest absolute Gasteiger partial charge is 0.311 e. The third kappa shape index (κ3) is 13.1. The van der Waals surface area contributed by atoms with Crippen LogP contribution >= 0.6 is 0 Å². The van der Waals surface area contributed by atoms with Crippen molar-refractivity contribution in [1.82, 2.24) is 9.80 Å². The van der Waals surface area contributed by atoms with Crippen LogP contribution in [-0.2, 0) is 61.8 Å². The molecule has 0 aromatic carbocycles. The van der Waals surface area contributed by atoms with Crippen LogP contribution in [0, 0.1) is 23.7 Å². The molecule has 0 bridgehead atoms. The fourth-order valence-electron chi connectivity index (χ4n) is 11.0. The molecule has 0 radical (unpaired) electrons. The van der Waals surface area contributed by atoms with Crippen molar-refractivity contribution in [3.05, 3.63) is 0 Å². The van der Waals surface area contributed by atoms with Gasteiger partial charge in [-0.1, -0.05) is 27.7 Å². The molecule has 19 heteroatoms. The van der Waals surface area contributed by atoms with Crippen LogP contribution in [0.3, 0.4) is 0 Å². The van der Waals surface area contributed by atoms with E-state index in [2.05, 4.69) is 0 Å². The average Bonchev–Trinajstić information content (AvgIpc) is 3.21. The Bertz CT molecular complexity index is 1680. The Kier molecular flexibility index (Phi) is 19.4. The predicted octanol–water partition coefficient (Wildman–Crippen LogP) is 2.72. The minimum Gasteiger partial charge on any atom is -0.459 e. The lowest BCUT2D eigenvalue weighted by atomic mass is 9.73. The number of likely N-dealkylation sites (N-methyl/N-ethyl adjacent to an activating group) is 2. The van der Waals surface area contributed by atoms with Gasteiger partial charge in [0, 0.05) is 56.5 Å². The van der Waals surface area contributed by atoms with Gasteiger partial charge in [-0.15, -0.1) is 0 Å². The average molecular weight is 961 g/mol. The summed E-state index contributed by atoms with van der Waals surface area (Å²) in [6.07, 6.45) is -13.4. The van der Waals surface area contributed by atoms with Gasteiger partial charge in [0.1, 0.15) is 23.6 Å². The number of Topliss-reactive ketones (excluding diaryl/α,β-unsaturated/α-hetero) is 1. The number of esters is 3. The summed E-state index contributed by atoms with van der Waals surface area (Å²) >= 11 is 0. The number of rotatable bonds is 11. The summed E-state index contributed by atoms with van der Waals surface area (Å²) in [5, 5.41) is 46.9. The van der Waals surface area contributed by atoms with E-state index in [0.717, 1.165) is 0 Å². The molecule has 4 saturated heterocycles. The number of hydrogen-bond donors (Lipinski definition) is 4. The molecule has 4 fully saturated rings. The summed E-state index contributed by atoms with van der Waals surface area (Å²) in [7, 11) is 7.37. The molecule has 0 unspecified atom stereocenters. The molecule has 0 aliphatic carbocycles. The highest BCUT2D eigenvalue weighted by molar-refractivity contribution is 5.83. The van der Waals surface area contributed by atoms with Crippen molar-refractivity contribution in [2.75, 3.05) is 28.2 Å². The van der Waals surface area contributed by atoms with Crippen LogP contribution in [0.4, 0.5) is 0 Å². The lowest BCUT2D eigenvalue weighted by Crippen LogP contribution is -2.63. The van der Waals surface area contributed by atoms with Crippen molar-refractivity contribution in [2.45, 2.75) is 231 Å². The first-order valence-electron chi connectivity index (χ1n) is 24.0. The fraction of sp³-hybridized carbons (Fsp3) is 0.917. The van der Waals surface area contributed by atoms with Gasteiger partial charge < -0.3 is 72.9 Å². The molecular formula is C48H84N2O17. The second-order valence-electron chi connectivity index (χ2n) is 21.0. The van der Waals surface area contributed by atoms with E-state index in [9.17, 15) is 39.6 Å². The van der Waals surface area contributed by atoms with Crippen molar-refractivity contribution in [3.8, 4) is 0 Å². The maximum atomic E-state index is 14.7. The topological polar surface area (TPSA) is 239 Å². The van der Waals surface area contributed by atoms with E-state index in [0.29, 0.717) is 6.42 Å². The minimum atomic E-state index is -2.09. The number of carbonyl (C=O) groups is 4. The standard InChI is InChI=1S/C48H84N2O17/c1-18-34-48(13,58)41(56)25(4)37(53)23(2)21-46(11,67-35-20-33(50(16)17)38(54)28(7)60-35)42(65-45-39(55)32(49(14)15)19-24(3)59-45)26(5)40(27(6)44(57)63-34)64-36-22-47(12,66-31(10)52)43(29(8)61-36)62-30(9)51/h23-29,32-36,38-43,45,54-56,58H,18-22H2,1-17H3/t23-,24+,25+,26+,27-,28+,29+,32-,33-,34-,35+,36+,38+,39+,40+,41-,42-,43+,45-,46-,47-,48-/m1/s1. The van der Waals surface area contributed by atoms with Crippen molar-refractivity contribution in [1.29, 1.82) is 0 Å². The maximum Gasteiger partial charge on any atom is 0.311 e. The van der Waals surface area contributed by atoms with Crippen LogP contribution < -0.4 is 0 Å². The molecule has 4 N–H and O–H groups in total. The van der Waals surface area contributed by atoms with Gasteiger partial charge >= 0.3 is 17.9 Å². The molecule has 4 aliphatic heterocycles. The van der Waals surface area contributed by atoms with E-state index in [1.807, 2.05) is 44.9 Å². The summed E-state index contributed by atoms with van der Waals surface area (Å²) in [6.45, 7) is 20.7. The summed E-state index contributed by atoms with van der Waals surface area (Å²) in [4.78, 5) is 58.0. The van der Waals surface area contributed by atoms with Gasteiger partial charge in [-0.3, -0.25) is 19.2 Å². The Morgan fingerprint density at radius 3 is 1.87 bits per heavy atom. The number of aliphatic hydroxyl groups is 4. The lowest BCUT2D eigenvalue weighted by Gasteiger charge is -2.51. The van der Waals surface area contributed by atoms with Crippen LogP contribution in [0.5, 0.6) is 0 Å². The van der Waals surface area contributed by atoms with Crippen LogP contribution in [-0.4, -0.2) is 191 Å². The van der Waals surface area contributed by atoms with E-state index in [4.69, 9.17) is 42.6 Å². The summed E-state index contributed by atoms with van der Waals surface area (Å²) in [6, 6.07) is -0.803. The Morgan fingerprint density at radius 1 is 0.731 bits per heavy atom. The van der Waals surface area contributed by atoms with Crippen molar-refractivity contribution in [2.24, 2.45) is 23.7 Å². The lowest BCUT2D eigenvalue weighted by molar-refractivity contribution is -0.340. The number of cyclic esters (lactones) is 1. The monoisotopic (exact) mass is 961 g/mol. The molecule has 22 atom stereocenters. The minimum absolute atomic E-state index is 0.0732. The molecule has 67 heavy (non-hydrogen) atoms. The van der Waals surface area contributed by atoms with E-state index in [1.54, 1.807) is 55.4 Å². The summed E-state index contributed by atoms with van der Waals surface area (Å²) in [5.41, 5.74) is -5.13. The van der Waals surface area contributed by atoms with Gasteiger partial charge in [0.15, 0.2) is 30.6 Å². The van der Waals surface area contributed by atoms with Crippen LogP contribution in [0.1, 0.15) is 122 Å². The van der Waals surface area contributed by atoms with E-state index in [1.165, 1.54) is 27.7 Å². The van der Waals surface area contributed by atoms with Crippen molar-refractivity contribution < 1.29 is 82.2 Å². The third-order valence-electron chi connectivity index (χ3n) is 14.7. The first-order chi connectivity index (χ1) is 30.9. The van der Waals surface area contributed by atoms with E-state index < -0.39 is 150 Å². The second kappa shape index (κ2) is 22.8. The maximum absolute atomic E-state index is 14.7. The Morgan fingerprint density at radius 2 is 1.31 bits per heavy atom. The van der Waals surface area contributed by atoms with Crippen LogP contribution in [0.25, 0.3) is 0 Å². The second-order valence-corrected chi connectivity index (χ2v) is 21.0. The van der Waals surface area contributed by atoms with Crippen molar-refractivity contribution >= 4 is 23.7 Å². The number of nitrogens with zero attached hydrogens (tertiary/aromatic N) is 2. The molecule has 0 amide bonds. The highest BCUT2D eigenvalue weighted by atomic mass is 16.7. The summed E-state index contributed by atoms with van der Waals surface area (Å²) in [5.74, 6) is -6.67. The molecule has 0 saturated carbocycles. The quantitative estimate of drug-likeness (QED) is 0.172. The normalized spacial score (nSPS) is 46.4. The van der Waals surface area contributed by atoms with E-state index in [-0.39, 0.29) is 31.8 Å². The molecule has 388 valence electrons. The van der Waals surface area contributed by atoms with E-state index >= 15 is 0 Å². The zero-order valence-corrected chi connectivity index (χ0v) is 43.0. The first kappa shape index (κ1) is 57.2. The third-order valence-corrected chi connectivity index (χ3v) is 14.7. The number of carbonyl (C=O) groups excluding carboxylic acids is 4. The first-order valence-corrected chi connectivity index (χ1v) is 24.0. The number of ether oxygens (including phenoxy) is 9. The zero-order valence-electron chi connectivity index (χ0n) is 43.0. The molecule has 0 spiro atoms. The number of ketones is 1. The zero-order chi connectivity index (χ0) is 50.8. The van der Waals surface area contributed by atoms with Crippen molar-refractivity contribution in [3.63, 3.8) is 0 Å². The van der Waals surface area contributed by atoms with Gasteiger partial charge in [-0.2, -0.15) is 0 Å².